The van der Waals surface area contributed by atoms with Crippen LogP contribution in [0, 0.1) is 6.42 Å². The molecular formula is C5H9O3S. The third kappa shape index (κ3) is 2.32. The first kappa shape index (κ1) is 7.02. The minimum Gasteiger partial charge on any atom is -0.380 e. The first-order chi connectivity index (χ1) is 4.21. The van der Waals surface area contributed by atoms with Crippen molar-refractivity contribution in [2.24, 2.45) is 0 Å². The van der Waals surface area contributed by atoms with Gasteiger partial charge in [0.15, 0.2) is 9.84 Å². The van der Waals surface area contributed by atoms with Crippen LogP contribution >= 0.6 is 0 Å². The van der Waals surface area contributed by atoms with Crippen molar-refractivity contribution >= 4 is 9.84 Å². The SMILES string of the molecule is O=S1(=O)C[CH]COCC1. The van der Waals surface area contributed by atoms with Gasteiger partial charge in [0.25, 0.3) is 0 Å². The van der Waals surface area contributed by atoms with Crippen LogP contribution in [0.3, 0.4) is 0 Å². The summed E-state index contributed by atoms with van der Waals surface area (Å²) in [6.07, 6.45) is 1.64. The molecule has 0 aromatic rings. The summed E-state index contributed by atoms with van der Waals surface area (Å²) in [5, 5.41) is 0. The van der Waals surface area contributed by atoms with Crippen LogP contribution in [-0.4, -0.2) is 33.1 Å². The molecule has 0 saturated carbocycles. The number of hydrogen-bond donors (Lipinski definition) is 0. The minimum absolute atomic E-state index is 0.170. The van der Waals surface area contributed by atoms with Gasteiger partial charge < -0.3 is 4.74 Å². The van der Waals surface area contributed by atoms with Gasteiger partial charge in [-0.05, 0) is 0 Å². The second-order valence-corrected chi connectivity index (χ2v) is 4.21. The Morgan fingerprint density at radius 1 is 1.44 bits per heavy atom. The summed E-state index contributed by atoms with van der Waals surface area (Å²) in [6, 6.07) is 0. The van der Waals surface area contributed by atoms with E-state index in [1.807, 2.05) is 0 Å². The quantitative estimate of drug-likeness (QED) is 0.472. The Morgan fingerprint density at radius 3 is 3.00 bits per heavy atom. The average molecular weight is 149 g/mol. The van der Waals surface area contributed by atoms with Gasteiger partial charge in [-0.15, -0.1) is 0 Å². The standard InChI is InChI=1S/C5H9O3S/c6-9(7)4-1-2-8-3-5-9/h1H,2-5H2. The molecule has 0 aromatic heterocycles. The lowest BCUT2D eigenvalue weighted by Crippen LogP contribution is -2.10. The van der Waals surface area contributed by atoms with Gasteiger partial charge in [0.2, 0.25) is 0 Å². The van der Waals surface area contributed by atoms with E-state index in [0.29, 0.717) is 13.2 Å². The van der Waals surface area contributed by atoms with E-state index in [0.717, 1.165) is 0 Å². The lowest BCUT2D eigenvalue weighted by Gasteiger charge is -1.92. The predicted molar refractivity (Wildman–Crippen MR) is 33.8 cm³/mol. The van der Waals surface area contributed by atoms with E-state index in [4.69, 9.17) is 4.74 Å². The molecule has 1 aliphatic rings. The van der Waals surface area contributed by atoms with Gasteiger partial charge in [-0.2, -0.15) is 0 Å². The van der Waals surface area contributed by atoms with E-state index in [9.17, 15) is 8.42 Å². The zero-order valence-corrected chi connectivity index (χ0v) is 5.86. The monoisotopic (exact) mass is 149 g/mol. The second-order valence-electron chi connectivity index (χ2n) is 1.98. The van der Waals surface area contributed by atoms with Gasteiger partial charge in [-0.1, -0.05) is 0 Å². The Labute approximate surface area is 54.9 Å². The minimum atomic E-state index is -2.80. The van der Waals surface area contributed by atoms with Gasteiger partial charge in [0.05, 0.1) is 24.7 Å². The van der Waals surface area contributed by atoms with E-state index < -0.39 is 9.84 Å². The fourth-order valence-electron chi connectivity index (χ4n) is 0.664. The molecule has 1 saturated heterocycles. The van der Waals surface area contributed by atoms with Gasteiger partial charge in [0, 0.05) is 6.42 Å². The first-order valence-corrected chi connectivity index (χ1v) is 4.63. The predicted octanol–water partition coefficient (Wildman–Crippen LogP) is -0.364. The number of rotatable bonds is 0. The summed E-state index contributed by atoms with van der Waals surface area (Å²) in [5.74, 6) is 0.344. The third-order valence-electron chi connectivity index (χ3n) is 1.15. The van der Waals surface area contributed by atoms with E-state index >= 15 is 0 Å². The van der Waals surface area contributed by atoms with Crippen molar-refractivity contribution in [3.8, 4) is 0 Å². The van der Waals surface area contributed by atoms with Crippen LogP contribution in [0.4, 0.5) is 0 Å². The molecule has 0 aromatic carbocycles. The normalized spacial score (nSPS) is 27.1. The molecule has 0 spiro atoms. The molecule has 1 fully saturated rings. The lowest BCUT2D eigenvalue weighted by atomic mass is 10.5. The van der Waals surface area contributed by atoms with Crippen LogP contribution in [0.25, 0.3) is 0 Å². The van der Waals surface area contributed by atoms with Crippen molar-refractivity contribution in [3.05, 3.63) is 6.42 Å². The summed E-state index contributed by atoms with van der Waals surface area (Å²) in [5.41, 5.74) is 0. The molecule has 1 radical (unpaired) electrons. The topological polar surface area (TPSA) is 43.4 Å². The number of ether oxygens (including phenoxy) is 1. The maximum absolute atomic E-state index is 10.8. The van der Waals surface area contributed by atoms with E-state index in [1.165, 1.54) is 0 Å². The van der Waals surface area contributed by atoms with Gasteiger partial charge >= 0.3 is 0 Å². The molecule has 9 heavy (non-hydrogen) atoms. The molecule has 0 aliphatic carbocycles. The molecule has 0 amide bonds. The Morgan fingerprint density at radius 2 is 2.22 bits per heavy atom. The van der Waals surface area contributed by atoms with Crippen LogP contribution in [-0.2, 0) is 14.6 Å². The highest BCUT2D eigenvalue weighted by atomic mass is 32.2. The highest BCUT2D eigenvalue weighted by Gasteiger charge is 2.13. The maximum atomic E-state index is 10.8. The zero-order valence-electron chi connectivity index (χ0n) is 5.04. The van der Waals surface area contributed by atoms with Crippen LogP contribution < -0.4 is 0 Å². The van der Waals surface area contributed by atoms with Crippen molar-refractivity contribution in [3.63, 3.8) is 0 Å². The van der Waals surface area contributed by atoms with Gasteiger partial charge in [-0.3, -0.25) is 0 Å². The molecule has 0 unspecified atom stereocenters. The first-order valence-electron chi connectivity index (χ1n) is 2.80. The molecule has 0 atom stereocenters. The summed E-state index contributed by atoms with van der Waals surface area (Å²) in [6.45, 7) is 0.818. The largest absolute Gasteiger partial charge is 0.380 e. The van der Waals surface area contributed by atoms with Crippen LogP contribution in [0.2, 0.25) is 0 Å². The number of sulfone groups is 1. The number of hydrogen-bond acceptors (Lipinski definition) is 3. The van der Waals surface area contributed by atoms with Crippen LogP contribution in [0.5, 0.6) is 0 Å². The second kappa shape index (κ2) is 2.66. The summed E-state index contributed by atoms with van der Waals surface area (Å²) < 4.78 is 26.4. The summed E-state index contributed by atoms with van der Waals surface area (Å²) >= 11 is 0. The Kier molecular flexibility index (Phi) is 2.08. The van der Waals surface area contributed by atoms with Gasteiger partial charge in [0.1, 0.15) is 0 Å². The van der Waals surface area contributed by atoms with Crippen molar-refractivity contribution in [1.82, 2.24) is 0 Å². The van der Waals surface area contributed by atoms with Crippen LogP contribution in [0.15, 0.2) is 0 Å². The van der Waals surface area contributed by atoms with Crippen molar-refractivity contribution in [2.45, 2.75) is 0 Å². The molecule has 4 heteroatoms. The molecule has 53 valence electrons. The summed E-state index contributed by atoms with van der Waals surface area (Å²) in [4.78, 5) is 0. The van der Waals surface area contributed by atoms with Crippen molar-refractivity contribution < 1.29 is 13.2 Å². The highest BCUT2D eigenvalue weighted by molar-refractivity contribution is 7.91. The molecule has 1 heterocycles. The summed E-state index contributed by atoms with van der Waals surface area (Å²) in [7, 11) is -2.80. The smallest absolute Gasteiger partial charge is 0.152 e. The van der Waals surface area contributed by atoms with Crippen molar-refractivity contribution in [1.29, 1.82) is 0 Å². The molecule has 3 nitrogen and oxygen atoms in total. The zero-order chi connectivity index (χ0) is 6.74. The molecule has 1 rings (SSSR count). The highest BCUT2D eigenvalue weighted by Crippen LogP contribution is 1.98. The molecular weight excluding hydrogens is 140 g/mol. The van der Waals surface area contributed by atoms with Gasteiger partial charge in [-0.25, -0.2) is 8.42 Å². The molecule has 0 bridgehead atoms. The Bertz CT molecular complexity index is 157. The average Bonchev–Trinajstić information content (AvgIpc) is 1.92. The fraction of sp³-hybridized carbons (Fsp3) is 0.800. The van der Waals surface area contributed by atoms with Crippen molar-refractivity contribution in [2.75, 3.05) is 24.7 Å². The van der Waals surface area contributed by atoms with Crippen LogP contribution in [0.1, 0.15) is 0 Å². The van der Waals surface area contributed by atoms with E-state index in [2.05, 4.69) is 0 Å². The molecule has 1 aliphatic heterocycles. The maximum Gasteiger partial charge on any atom is 0.152 e. The lowest BCUT2D eigenvalue weighted by molar-refractivity contribution is 0.174. The third-order valence-corrected chi connectivity index (χ3v) is 2.68. The Balaban J connectivity index is 2.56. The van der Waals surface area contributed by atoms with E-state index in [-0.39, 0.29) is 11.5 Å². The fourth-order valence-corrected chi connectivity index (χ4v) is 1.66. The Hall–Kier alpha value is -0.0900. The van der Waals surface area contributed by atoms with E-state index in [1.54, 1.807) is 6.42 Å². The molecule has 0 N–H and O–H groups in total.